The third-order valence-corrected chi connectivity index (χ3v) is 5.88. The molecule has 2 heterocycles. The number of benzene rings is 3. The van der Waals surface area contributed by atoms with Crippen LogP contribution in [0.2, 0.25) is 0 Å². The van der Waals surface area contributed by atoms with Crippen molar-refractivity contribution in [1.82, 2.24) is 14.1 Å². The molecule has 4 aromatic rings. The monoisotopic (exact) mass is 453 g/mol. The second-order valence-electron chi connectivity index (χ2n) is 7.87. The van der Waals surface area contributed by atoms with E-state index in [9.17, 15) is 0 Å². The molecule has 0 unspecified atom stereocenters. The molecule has 1 aromatic heterocycles. The Balaban J connectivity index is 0.00000205. The van der Waals surface area contributed by atoms with Crippen molar-refractivity contribution in [1.29, 1.82) is 0 Å². The van der Waals surface area contributed by atoms with E-state index in [0.29, 0.717) is 0 Å². The number of nitrogens with zero attached hydrogens (tertiary/aromatic N) is 3. The first-order valence-electron chi connectivity index (χ1n) is 9.60. The van der Waals surface area contributed by atoms with E-state index >= 15 is 0 Å². The molecule has 3 aromatic carbocycles. The van der Waals surface area contributed by atoms with Crippen molar-refractivity contribution in [3.05, 3.63) is 78.4 Å². The van der Waals surface area contributed by atoms with Crippen molar-refractivity contribution in [2.45, 2.75) is 33.2 Å². The molecule has 0 spiro atoms. The number of aryl methyl sites for hydroxylation is 1. The van der Waals surface area contributed by atoms with Crippen LogP contribution in [0.5, 0.6) is 0 Å². The molecular formula is C25H22N3Y-. The zero-order valence-corrected chi connectivity index (χ0v) is 20.0. The Labute approximate surface area is 197 Å². The maximum atomic E-state index is 4.97. The maximum Gasteiger partial charge on any atom is 0.396 e. The number of rotatable bonds is 2. The molecule has 0 aliphatic carbocycles. The molecule has 1 radical (unpaired) electrons. The predicted octanol–water partition coefficient (Wildman–Crippen LogP) is 5.65. The van der Waals surface area contributed by atoms with E-state index in [-0.39, 0.29) is 38.2 Å². The summed E-state index contributed by atoms with van der Waals surface area (Å²) in [5.74, 6) is 0.972. The van der Waals surface area contributed by atoms with E-state index in [4.69, 9.17) is 4.98 Å². The summed E-state index contributed by atoms with van der Waals surface area (Å²) in [4.78, 5) is 4.97. The number of para-hydroxylation sites is 2. The molecule has 0 bridgehead atoms. The Morgan fingerprint density at radius 1 is 0.931 bits per heavy atom. The summed E-state index contributed by atoms with van der Waals surface area (Å²) in [5, 5.41) is 0. The first kappa shape index (κ1) is 20.2. The first-order chi connectivity index (χ1) is 13.5. The number of aromatic nitrogens is 2. The predicted molar refractivity (Wildman–Crippen MR) is 115 cm³/mol. The number of hydrogen-bond donors (Lipinski definition) is 0. The summed E-state index contributed by atoms with van der Waals surface area (Å²) >= 11 is 0. The smallest absolute Gasteiger partial charge is 0.240 e. The van der Waals surface area contributed by atoms with Crippen LogP contribution in [0, 0.1) is 19.1 Å². The fraction of sp³-hybridized carbons (Fsp3) is 0.200. The Hall–Kier alpha value is -2.10. The summed E-state index contributed by atoms with van der Waals surface area (Å²) in [6.07, 6.45) is 0. The minimum Gasteiger partial charge on any atom is -0.240 e. The van der Waals surface area contributed by atoms with Gasteiger partial charge >= 0.3 is 5.95 Å². The van der Waals surface area contributed by atoms with Crippen molar-refractivity contribution in [2.24, 2.45) is 0 Å². The summed E-state index contributed by atoms with van der Waals surface area (Å²) in [6.45, 7) is 8.83. The van der Waals surface area contributed by atoms with Crippen LogP contribution in [0.4, 0.5) is 11.6 Å². The Morgan fingerprint density at radius 3 is 2.41 bits per heavy atom. The largest absolute Gasteiger partial charge is 0.396 e. The second kappa shape index (κ2) is 7.30. The van der Waals surface area contributed by atoms with Crippen molar-refractivity contribution in [2.75, 3.05) is 0 Å². The Kier molecular flexibility index (Phi) is 5.08. The molecule has 0 amide bonds. The third kappa shape index (κ3) is 3.03. The molecule has 0 N–H and O–H groups in total. The van der Waals surface area contributed by atoms with Gasteiger partial charge in [-0.1, -0.05) is 24.0 Å². The zero-order valence-electron chi connectivity index (χ0n) is 17.2. The van der Waals surface area contributed by atoms with E-state index in [1.165, 1.54) is 11.2 Å². The van der Waals surface area contributed by atoms with Gasteiger partial charge in [-0.25, -0.2) is 20.3 Å². The van der Waals surface area contributed by atoms with Crippen molar-refractivity contribution in [3.63, 3.8) is 0 Å². The van der Waals surface area contributed by atoms with E-state index in [1.807, 2.05) is 24.3 Å². The maximum absolute atomic E-state index is 4.97. The molecule has 4 heteroatoms. The minimum absolute atomic E-state index is 0. The average Bonchev–Trinajstić information content (AvgIpc) is 3.17. The van der Waals surface area contributed by atoms with Crippen molar-refractivity contribution < 1.29 is 32.7 Å². The molecule has 1 aliphatic rings. The summed E-state index contributed by atoms with van der Waals surface area (Å²) in [7, 11) is 0. The van der Waals surface area contributed by atoms with Gasteiger partial charge in [0.2, 0.25) is 0 Å². The van der Waals surface area contributed by atoms with Crippen LogP contribution < -0.4 is 4.58 Å². The van der Waals surface area contributed by atoms with Crippen molar-refractivity contribution in [3.8, 4) is 11.1 Å². The molecule has 29 heavy (non-hydrogen) atoms. The molecule has 5 rings (SSSR count). The molecule has 0 saturated carbocycles. The Morgan fingerprint density at radius 2 is 1.69 bits per heavy atom. The van der Waals surface area contributed by atoms with Gasteiger partial charge in [0.05, 0.1) is 5.71 Å². The second-order valence-corrected chi connectivity index (χ2v) is 7.87. The van der Waals surface area contributed by atoms with Crippen LogP contribution in [-0.4, -0.2) is 15.3 Å². The van der Waals surface area contributed by atoms with Gasteiger partial charge in [0.15, 0.2) is 5.52 Å². The van der Waals surface area contributed by atoms with E-state index in [2.05, 4.69) is 85.4 Å². The minimum atomic E-state index is -0.149. The number of hydrogen-bond acceptors (Lipinski definition) is 1. The molecule has 3 nitrogen and oxygen atoms in total. The quantitative estimate of drug-likeness (QED) is 0.284. The first-order valence-corrected chi connectivity index (χ1v) is 9.60. The van der Waals surface area contributed by atoms with Crippen LogP contribution >= 0.6 is 0 Å². The van der Waals surface area contributed by atoms with Gasteiger partial charge in [-0.3, -0.25) is 0 Å². The number of imidazole rings is 1. The fourth-order valence-electron chi connectivity index (χ4n) is 4.14. The molecular weight excluding hydrogens is 431 g/mol. The normalized spacial score (nSPS) is 14.8. The van der Waals surface area contributed by atoms with Gasteiger partial charge < -0.3 is 0 Å². The van der Waals surface area contributed by atoms with Gasteiger partial charge in [-0.05, 0) is 32.9 Å². The third-order valence-electron chi connectivity index (χ3n) is 5.88. The molecule has 1 aliphatic heterocycles. The molecule has 0 fully saturated rings. The fourth-order valence-corrected chi connectivity index (χ4v) is 4.14. The van der Waals surface area contributed by atoms with Gasteiger partial charge in [0.1, 0.15) is 11.1 Å². The van der Waals surface area contributed by atoms with Crippen LogP contribution in [0.3, 0.4) is 0 Å². The summed E-state index contributed by atoms with van der Waals surface area (Å²) in [5.41, 5.74) is 7.66. The van der Waals surface area contributed by atoms with Crippen LogP contribution in [0.15, 0.2) is 60.7 Å². The average molecular weight is 453 g/mol. The SMILES string of the molecule is CC1=[N+](c2ccc(-c3[c-]cccc3)[c-]c2C)c2nc3ccccc3n2C1(C)C.[Y]. The van der Waals surface area contributed by atoms with Gasteiger partial charge in [0, 0.05) is 38.4 Å². The van der Waals surface area contributed by atoms with Crippen LogP contribution in [0.25, 0.3) is 22.2 Å². The van der Waals surface area contributed by atoms with Crippen molar-refractivity contribution >= 4 is 28.4 Å². The van der Waals surface area contributed by atoms with Gasteiger partial charge in [0.25, 0.3) is 0 Å². The van der Waals surface area contributed by atoms with E-state index in [1.54, 1.807) is 0 Å². The standard InChI is InChI=1S/C25H22N3.Y/c1-17-16-20(19-10-6-5-7-11-19)14-15-22(17)27-18(2)25(3,4)28-23-13-9-8-12-21(23)26-24(27)28;/h5-10,12-15H,1-4H3;/q-1;. The zero-order chi connectivity index (χ0) is 19.5. The van der Waals surface area contributed by atoms with Crippen LogP contribution in [0.1, 0.15) is 26.3 Å². The molecule has 141 valence electrons. The van der Waals surface area contributed by atoms with Gasteiger partial charge in [-0.2, -0.15) is 36.4 Å². The summed E-state index contributed by atoms with van der Waals surface area (Å²) in [6, 6.07) is 27.5. The van der Waals surface area contributed by atoms with Crippen LogP contribution in [-0.2, 0) is 38.2 Å². The number of fused-ring (bicyclic) bond motifs is 3. The molecule has 0 atom stereocenters. The Bertz CT molecular complexity index is 1250. The van der Waals surface area contributed by atoms with E-state index in [0.717, 1.165) is 33.8 Å². The molecule has 0 saturated heterocycles. The topological polar surface area (TPSA) is 20.8 Å². The van der Waals surface area contributed by atoms with E-state index < -0.39 is 0 Å². The van der Waals surface area contributed by atoms with Gasteiger partial charge in [-0.15, -0.1) is 17.7 Å². The summed E-state index contributed by atoms with van der Waals surface area (Å²) < 4.78 is 4.63.